The molecule has 0 radical (unpaired) electrons. The molecular formula is C26H33FN2O2S. The van der Waals surface area contributed by atoms with Gasteiger partial charge in [-0.3, -0.25) is 9.59 Å². The standard InChI is InChI=1S/C26H33FN2O2S/c1-18-12-19(2)14-21(13-18)16-32-17-25(30)29(15-22-8-4-7-11-24(22)27)20(3)26(31)28-23-9-5-6-10-23/h4,7-8,11-14,20,23H,5-6,9-10,15-17H2,1-3H3,(H,28,31). The van der Waals surface area contributed by atoms with Gasteiger partial charge in [0.15, 0.2) is 0 Å². The van der Waals surface area contributed by atoms with E-state index in [-0.39, 0.29) is 36.0 Å². The molecule has 1 N–H and O–H groups in total. The molecule has 1 unspecified atom stereocenters. The minimum Gasteiger partial charge on any atom is -0.352 e. The lowest BCUT2D eigenvalue weighted by Gasteiger charge is -2.30. The molecule has 1 aliphatic rings. The second-order valence-corrected chi connectivity index (χ2v) is 9.75. The summed E-state index contributed by atoms with van der Waals surface area (Å²) in [5, 5.41) is 3.08. The van der Waals surface area contributed by atoms with E-state index >= 15 is 0 Å². The number of carbonyl (C=O) groups excluding carboxylic acids is 2. The van der Waals surface area contributed by atoms with Crippen molar-refractivity contribution in [3.05, 3.63) is 70.5 Å². The smallest absolute Gasteiger partial charge is 0.242 e. The van der Waals surface area contributed by atoms with E-state index in [1.54, 1.807) is 25.1 Å². The Morgan fingerprint density at radius 2 is 1.78 bits per heavy atom. The topological polar surface area (TPSA) is 49.4 Å². The van der Waals surface area contributed by atoms with Gasteiger partial charge in [-0.25, -0.2) is 4.39 Å². The molecule has 1 aliphatic carbocycles. The second-order valence-electron chi connectivity index (χ2n) is 8.77. The van der Waals surface area contributed by atoms with Gasteiger partial charge in [-0.15, -0.1) is 11.8 Å². The lowest BCUT2D eigenvalue weighted by atomic mass is 10.1. The fraction of sp³-hybridized carbons (Fsp3) is 0.462. The Bertz CT molecular complexity index is 923. The molecule has 172 valence electrons. The van der Waals surface area contributed by atoms with Crippen LogP contribution < -0.4 is 5.32 Å². The van der Waals surface area contributed by atoms with Crippen LogP contribution in [0.2, 0.25) is 0 Å². The van der Waals surface area contributed by atoms with Crippen LogP contribution in [0.3, 0.4) is 0 Å². The summed E-state index contributed by atoms with van der Waals surface area (Å²) in [7, 11) is 0. The zero-order chi connectivity index (χ0) is 23.1. The van der Waals surface area contributed by atoms with Gasteiger partial charge in [-0.2, -0.15) is 0 Å². The van der Waals surface area contributed by atoms with E-state index < -0.39 is 6.04 Å². The van der Waals surface area contributed by atoms with Gasteiger partial charge in [0, 0.05) is 23.9 Å². The Morgan fingerprint density at radius 1 is 1.12 bits per heavy atom. The minimum atomic E-state index is -0.662. The number of hydrogen-bond acceptors (Lipinski definition) is 3. The Labute approximate surface area is 195 Å². The van der Waals surface area contributed by atoms with E-state index in [4.69, 9.17) is 0 Å². The molecule has 2 amide bonds. The normalized spacial score (nSPS) is 14.9. The number of aryl methyl sites for hydroxylation is 2. The number of halogens is 1. The highest BCUT2D eigenvalue weighted by Crippen LogP contribution is 2.21. The number of carbonyl (C=O) groups is 2. The van der Waals surface area contributed by atoms with E-state index in [1.165, 1.54) is 39.4 Å². The fourth-order valence-electron chi connectivity index (χ4n) is 4.28. The van der Waals surface area contributed by atoms with E-state index in [2.05, 4.69) is 37.4 Å². The van der Waals surface area contributed by atoms with Crippen LogP contribution in [0.15, 0.2) is 42.5 Å². The van der Waals surface area contributed by atoms with Crippen LogP contribution in [-0.2, 0) is 21.9 Å². The number of hydrogen-bond donors (Lipinski definition) is 1. The van der Waals surface area contributed by atoms with Crippen molar-refractivity contribution in [2.45, 2.75) is 70.8 Å². The Kier molecular flexibility index (Phi) is 8.74. The molecule has 0 heterocycles. The van der Waals surface area contributed by atoms with Gasteiger partial charge in [-0.05, 0) is 45.2 Å². The van der Waals surface area contributed by atoms with Gasteiger partial charge in [0.1, 0.15) is 11.9 Å². The monoisotopic (exact) mass is 456 g/mol. The summed E-state index contributed by atoms with van der Waals surface area (Å²) in [4.78, 5) is 27.6. The molecule has 0 saturated heterocycles. The van der Waals surface area contributed by atoms with E-state index in [0.717, 1.165) is 25.7 Å². The van der Waals surface area contributed by atoms with Crippen LogP contribution in [0.4, 0.5) is 4.39 Å². The molecular weight excluding hydrogens is 423 g/mol. The average Bonchev–Trinajstić information content (AvgIpc) is 3.25. The van der Waals surface area contributed by atoms with Crippen LogP contribution in [0.1, 0.15) is 54.9 Å². The first-order valence-corrected chi connectivity index (χ1v) is 12.5. The highest BCUT2D eigenvalue weighted by atomic mass is 32.2. The van der Waals surface area contributed by atoms with Crippen LogP contribution in [0.25, 0.3) is 0 Å². The number of benzene rings is 2. The first kappa shape index (κ1) is 24.3. The van der Waals surface area contributed by atoms with Crippen molar-refractivity contribution in [1.82, 2.24) is 10.2 Å². The number of nitrogens with one attached hydrogen (secondary N) is 1. The maximum absolute atomic E-state index is 14.3. The second kappa shape index (κ2) is 11.5. The first-order chi connectivity index (χ1) is 15.3. The van der Waals surface area contributed by atoms with E-state index in [0.29, 0.717) is 11.3 Å². The summed E-state index contributed by atoms with van der Waals surface area (Å²) >= 11 is 1.52. The minimum absolute atomic E-state index is 0.0782. The van der Waals surface area contributed by atoms with Crippen molar-refractivity contribution in [2.24, 2.45) is 0 Å². The third-order valence-corrected chi connectivity index (χ3v) is 6.93. The van der Waals surface area contributed by atoms with Gasteiger partial charge in [0.05, 0.1) is 5.75 Å². The Morgan fingerprint density at radius 3 is 2.44 bits per heavy atom. The summed E-state index contributed by atoms with van der Waals surface area (Å²) < 4.78 is 14.3. The van der Waals surface area contributed by atoms with Crippen molar-refractivity contribution in [3.8, 4) is 0 Å². The van der Waals surface area contributed by atoms with Gasteiger partial charge in [0.2, 0.25) is 11.8 Å². The Hall–Kier alpha value is -2.34. The molecule has 1 saturated carbocycles. The van der Waals surface area contributed by atoms with Gasteiger partial charge < -0.3 is 10.2 Å². The fourth-order valence-corrected chi connectivity index (χ4v) is 5.12. The molecule has 2 aromatic carbocycles. The molecule has 0 aliphatic heterocycles. The van der Waals surface area contributed by atoms with Crippen LogP contribution in [-0.4, -0.2) is 34.6 Å². The van der Waals surface area contributed by atoms with Gasteiger partial charge in [-0.1, -0.05) is 60.4 Å². The van der Waals surface area contributed by atoms with Crippen LogP contribution in [0.5, 0.6) is 0 Å². The maximum atomic E-state index is 14.3. The zero-order valence-corrected chi connectivity index (χ0v) is 20.0. The quantitative estimate of drug-likeness (QED) is 0.568. The van der Waals surface area contributed by atoms with E-state index in [1.807, 2.05) is 0 Å². The third kappa shape index (κ3) is 6.83. The third-order valence-electron chi connectivity index (χ3n) is 5.94. The molecule has 4 nitrogen and oxygen atoms in total. The van der Waals surface area contributed by atoms with Crippen molar-refractivity contribution in [1.29, 1.82) is 0 Å². The molecule has 6 heteroatoms. The molecule has 1 fully saturated rings. The number of nitrogens with zero attached hydrogens (tertiary/aromatic N) is 1. The molecule has 0 aromatic heterocycles. The SMILES string of the molecule is Cc1cc(C)cc(CSCC(=O)N(Cc2ccccc2F)C(C)C(=O)NC2CCCC2)c1. The highest BCUT2D eigenvalue weighted by Gasteiger charge is 2.28. The number of rotatable bonds is 9. The number of thioether (sulfide) groups is 1. The van der Waals surface area contributed by atoms with Gasteiger partial charge >= 0.3 is 0 Å². The molecule has 2 aromatic rings. The van der Waals surface area contributed by atoms with Crippen molar-refractivity contribution in [2.75, 3.05) is 5.75 Å². The summed E-state index contributed by atoms with van der Waals surface area (Å²) in [6.45, 7) is 5.94. The molecule has 3 rings (SSSR count). The predicted octanol–water partition coefficient (Wildman–Crippen LogP) is 5.15. The van der Waals surface area contributed by atoms with Crippen molar-refractivity contribution >= 4 is 23.6 Å². The zero-order valence-electron chi connectivity index (χ0n) is 19.2. The van der Waals surface area contributed by atoms with Crippen molar-refractivity contribution < 1.29 is 14.0 Å². The first-order valence-electron chi connectivity index (χ1n) is 11.3. The summed E-state index contributed by atoms with van der Waals surface area (Å²) in [6, 6.07) is 12.3. The molecule has 0 bridgehead atoms. The predicted molar refractivity (Wildman–Crippen MR) is 129 cm³/mol. The summed E-state index contributed by atoms with van der Waals surface area (Å²) in [5.74, 6) is 0.265. The number of amides is 2. The summed E-state index contributed by atoms with van der Waals surface area (Å²) in [6.07, 6.45) is 4.19. The van der Waals surface area contributed by atoms with Crippen LogP contribution >= 0.6 is 11.8 Å². The average molecular weight is 457 g/mol. The highest BCUT2D eigenvalue weighted by molar-refractivity contribution is 7.99. The molecule has 1 atom stereocenters. The largest absolute Gasteiger partial charge is 0.352 e. The molecule has 32 heavy (non-hydrogen) atoms. The van der Waals surface area contributed by atoms with E-state index in [9.17, 15) is 14.0 Å². The Balaban J connectivity index is 1.67. The van der Waals surface area contributed by atoms with Crippen LogP contribution in [0, 0.1) is 19.7 Å². The van der Waals surface area contributed by atoms with Crippen molar-refractivity contribution in [3.63, 3.8) is 0 Å². The lowest BCUT2D eigenvalue weighted by Crippen LogP contribution is -2.50. The maximum Gasteiger partial charge on any atom is 0.242 e. The summed E-state index contributed by atoms with van der Waals surface area (Å²) in [5.41, 5.74) is 3.99. The lowest BCUT2D eigenvalue weighted by molar-refractivity contribution is -0.139. The molecule has 0 spiro atoms. The van der Waals surface area contributed by atoms with Gasteiger partial charge in [0.25, 0.3) is 0 Å².